The van der Waals surface area contributed by atoms with Gasteiger partial charge in [0, 0.05) is 48.5 Å². The maximum atomic E-state index is 12.2. The molecule has 1 fully saturated rings. The minimum Gasteiger partial charge on any atom is -0.371 e. The Labute approximate surface area is 187 Å². The molecule has 2 aromatic carbocycles. The van der Waals surface area contributed by atoms with E-state index in [0.717, 1.165) is 37.2 Å². The fraction of sp³-hybridized carbons (Fsp3) is 0.348. The Morgan fingerprint density at radius 3 is 2.55 bits per heavy atom. The molecule has 1 heterocycles. The Balaban J connectivity index is 1.35. The van der Waals surface area contributed by atoms with Gasteiger partial charge in [0.25, 0.3) is 0 Å². The maximum Gasteiger partial charge on any atom is 0.315 e. The van der Waals surface area contributed by atoms with Crippen molar-refractivity contribution in [3.63, 3.8) is 0 Å². The average Bonchev–Trinajstić information content (AvgIpc) is 2.77. The van der Waals surface area contributed by atoms with E-state index < -0.39 is 0 Å². The van der Waals surface area contributed by atoms with Gasteiger partial charge in [0.1, 0.15) is 0 Å². The summed E-state index contributed by atoms with van der Waals surface area (Å²) in [6, 6.07) is 14.8. The van der Waals surface area contributed by atoms with Crippen LogP contribution in [-0.4, -0.2) is 37.6 Å². The van der Waals surface area contributed by atoms with E-state index in [2.05, 4.69) is 26.9 Å². The second kappa shape index (κ2) is 10.7. The quantitative estimate of drug-likeness (QED) is 0.637. The fourth-order valence-electron chi connectivity index (χ4n) is 3.51. The van der Waals surface area contributed by atoms with E-state index in [1.54, 1.807) is 18.2 Å². The normalized spacial score (nSPS) is 13.9. The number of hydrogen-bond acceptors (Lipinski definition) is 4. The lowest BCUT2D eigenvalue weighted by Crippen LogP contribution is -2.48. The highest BCUT2D eigenvalue weighted by Gasteiger charge is 2.21. The number of anilines is 2. The van der Waals surface area contributed by atoms with Crippen LogP contribution in [-0.2, 0) is 4.79 Å². The van der Waals surface area contributed by atoms with Gasteiger partial charge in [-0.05, 0) is 61.7 Å². The average molecular weight is 440 g/mol. The topological polar surface area (TPSA) is 97.3 Å². The third-order valence-corrected chi connectivity index (χ3v) is 5.78. The van der Waals surface area contributed by atoms with Crippen molar-refractivity contribution in [3.05, 3.63) is 58.6 Å². The molecule has 0 radical (unpaired) electrons. The largest absolute Gasteiger partial charge is 0.371 e. The van der Waals surface area contributed by atoms with E-state index in [1.807, 2.05) is 31.2 Å². The Morgan fingerprint density at radius 1 is 1.16 bits per heavy atom. The zero-order valence-electron chi connectivity index (χ0n) is 17.5. The van der Waals surface area contributed by atoms with Gasteiger partial charge < -0.3 is 20.9 Å². The summed E-state index contributed by atoms with van der Waals surface area (Å²) in [5.41, 5.74) is 3.22. The summed E-state index contributed by atoms with van der Waals surface area (Å²) in [7, 11) is 0. The maximum absolute atomic E-state index is 12.2. The number of amides is 3. The molecule has 3 rings (SSSR count). The van der Waals surface area contributed by atoms with E-state index >= 15 is 0 Å². The van der Waals surface area contributed by atoms with Crippen LogP contribution < -0.4 is 20.9 Å². The number of carbonyl (C=O) groups excluding carboxylic acids is 2. The monoisotopic (exact) mass is 439 g/mol. The van der Waals surface area contributed by atoms with Crippen molar-refractivity contribution in [2.45, 2.75) is 32.2 Å². The number of rotatable bonds is 6. The number of nitrogens with one attached hydrogen (secondary N) is 3. The van der Waals surface area contributed by atoms with Crippen LogP contribution >= 0.6 is 11.6 Å². The Morgan fingerprint density at radius 2 is 1.87 bits per heavy atom. The highest BCUT2D eigenvalue weighted by atomic mass is 35.5. The molecular formula is C23H26ClN5O2. The van der Waals surface area contributed by atoms with Gasteiger partial charge in [-0.15, -0.1) is 0 Å². The van der Waals surface area contributed by atoms with Gasteiger partial charge in [0.05, 0.1) is 11.6 Å². The van der Waals surface area contributed by atoms with E-state index in [-0.39, 0.29) is 30.9 Å². The molecule has 0 aromatic heterocycles. The molecule has 1 aliphatic heterocycles. The van der Waals surface area contributed by atoms with Crippen LogP contribution in [0.4, 0.5) is 16.2 Å². The molecule has 0 spiro atoms. The van der Waals surface area contributed by atoms with Crippen molar-refractivity contribution in [1.29, 1.82) is 5.26 Å². The number of benzene rings is 2. The number of halogens is 1. The van der Waals surface area contributed by atoms with Gasteiger partial charge in [0.15, 0.2) is 0 Å². The summed E-state index contributed by atoms with van der Waals surface area (Å²) < 4.78 is 0. The van der Waals surface area contributed by atoms with Crippen molar-refractivity contribution in [2.75, 3.05) is 29.9 Å². The van der Waals surface area contributed by atoms with Crippen LogP contribution in [0.1, 0.15) is 30.4 Å². The van der Waals surface area contributed by atoms with E-state index in [9.17, 15) is 9.59 Å². The van der Waals surface area contributed by atoms with Crippen LogP contribution in [0.2, 0.25) is 5.02 Å². The number of urea groups is 1. The van der Waals surface area contributed by atoms with Crippen LogP contribution in [0, 0.1) is 18.3 Å². The van der Waals surface area contributed by atoms with Crippen molar-refractivity contribution in [1.82, 2.24) is 10.6 Å². The Kier molecular flexibility index (Phi) is 7.74. The number of nitrogens with zero attached hydrogens (tertiary/aromatic N) is 2. The van der Waals surface area contributed by atoms with Crippen molar-refractivity contribution in [2.24, 2.45) is 0 Å². The zero-order valence-corrected chi connectivity index (χ0v) is 18.2. The number of carbonyl (C=O) groups is 2. The minimum absolute atomic E-state index is 0.0950. The summed E-state index contributed by atoms with van der Waals surface area (Å²) in [5.74, 6) is -0.179. The summed E-state index contributed by atoms with van der Waals surface area (Å²) in [5, 5.41) is 18.0. The van der Waals surface area contributed by atoms with Crippen LogP contribution in [0.25, 0.3) is 0 Å². The van der Waals surface area contributed by atoms with Crippen LogP contribution in [0.15, 0.2) is 42.5 Å². The predicted octanol–water partition coefficient (Wildman–Crippen LogP) is 3.82. The molecule has 31 heavy (non-hydrogen) atoms. The molecule has 0 bridgehead atoms. The molecule has 3 N–H and O–H groups in total. The summed E-state index contributed by atoms with van der Waals surface area (Å²) in [6.45, 7) is 3.76. The lowest BCUT2D eigenvalue weighted by atomic mass is 10.0. The molecule has 8 heteroatoms. The van der Waals surface area contributed by atoms with Gasteiger partial charge >= 0.3 is 6.03 Å². The van der Waals surface area contributed by atoms with Gasteiger partial charge in [-0.3, -0.25) is 4.79 Å². The molecule has 7 nitrogen and oxygen atoms in total. The predicted molar refractivity (Wildman–Crippen MR) is 122 cm³/mol. The lowest BCUT2D eigenvalue weighted by molar-refractivity contribution is -0.116. The molecule has 0 aliphatic carbocycles. The number of hydrogen-bond donors (Lipinski definition) is 3. The molecule has 2 aromatic rings. The first-order valence-corrected chi connectivity index (χ1v) is 10.7. The van der Waals surface area contributed by atoms with E-state index in [0.29, 0.717) is 16.3 Å². The van der Waals surface area contributed by atoms with Crippen molar-refractivity contribution >= 4 is 34.9 Å². The molecule has 162 valence electrons. The summed E-state index contributed by atoms with van der Waals surface area (Å²) in [6.07, 6.45) is 1.85. The summed E-state index contributed by atoms with van der Waals surface area (Å²) in [4.78, 5) is 26.5. The van der Waals surface area contributed by atoms with Gasteiger partial charge in [0.2, 0.25) is 5.91 Å². The van der Waals surface area contributed by atoms with Gasteiger partial charge in [-0.25, -0.2) is 4.79 Å². The molecule has 3 amide bonds. The van der Waals surface area contributed by atoms with E-state index in [1.165, 1.54) is 0 Å². The number of nitriles is 1. The Bertz CT molecular complexity index is 963. The molecule has 0 unspecified atom stereocenters. The Hall–Kier alpha value is -3.24. The molecule has 0 atom stereocenters. The molecular weight excluding hydrogens is 414 g/mol. The second-order valence-corrected chi connectivity index (χ2v) is 7.94. The van der Waals surface area contributed by atoms with Gasteiger partial charge in [-0.1, -0.05) is 17.7 Å². The third kappa shape index (κ3) is 6.37. The van der Waals surface area contributed by atoms with Crippen LogP contribution in [0.5, 0.6) is 0 Å². The van der Waals surface area contributed by atoms with Gasteiger partial charge in [-0.2, -0.15) is 5.26 Å². The fourth-order valence-corrected chi connectivity index (χ4v) is 3.68. The SMILES string of the molecule is Cc1c(Cl)cccc1NC(=O)CCNC(=O)NC1CCN(c2ccc(C#N)cc2)CC1. The van der Waals surface area contributed by atoms with Crippen molar-refractivity contribution < 1.29 is 9.59 Å². The third-order valence-electron chi connectivity index (χ3n) is 5.37. The molecule has 0 saturated carbocycles. The molecule has 1 saturated heterocycles. The smallest absolute Gasteiger partial charge is 0.315 e. The van der Waals surface area contributed by atoms with Crippen molar-refractivity contribution in [3.8, 4) is 6.07 Å². The summed E-state index contributed by atoms with van der Waals surface area (Å²) >= 11 is 6.06. The number of piperidine rings is 1. The highest BCUT2D eigenvalue weighted by molar-refractivity contribution is 6.31. The van der Waals surface area contributed by atoms with Crippen LogP contribution in [0.3, 0.4) is 0 Å². The standard InChI is InChI=1S/C23H26ClN5O2/c1-16-20(24)3-2-4-21(16)28-22(30)9-12-26-23(31)27-18-10-13-29(14-11-18)19-7-5-17(15-25)6-8-19/h2-8,18H,9-14H2,1H3,(H,28,30)(H2,26,27,31). The van der Waals surface area contributed by atoms with E-state index in [4.69, 9.17) is 16.9 Å². The first kappa shape index (κ1) is 22.4. The highest BCUT2D eigenvalue weighted by Crippen LogP contribution is 2.23. The second-order valence-electron chi connectivity index (χ2n) is 7.53. The zero-order chi connectivity index (χ0) is 22.2. The molecule has 1 aliphatic rings. The lowest BCUT2D eigenvalue weighted by Gasteiger charge is -2.34. The first-order chi connectivity index (χ1) is 15.0. The first-order valence-electron chi connectivity index (χ1n) is 10.3. The minimum atomic E-state index is -0.261.